The Kier molecular flexibility index (Phi) is 6.58. The van der Waals surface area contributed by atoms with E-state index in [0.29, 0.717) is 29.0 Å². The van der Waals surface area contributed by atoms with Gasteiger partial charge in [0.25, 0.3) is 22.3 Å². The van der Waals surface area contributed by atoms with E-state index in [2.05, 4.69) is 15.3 Å². The first kappa shape index (κ1) is 25.3. The van der Waals surface area contributed by atoms with Crippen LogP contribution in [0.5, 0.6) is 0 Å². The molecule has 9 nitrogen and oxygen atoms in total. The predicted molar refractivity (Wildman–Crippen MR) is 152 cm³/mol. The van der Waals surface area contributed by atoms with Gasteiger partial charge in [0, 0.05) is 30.1 Å². The van der Waals surface area contributed by atoms with Crippen molar-refractivity contribution < 1.29 is 4.79 Å². The number of benzene rings is 1. The van der Waals surface area contributed by atoms with Crippen LogP contribution in [0.4, 0.5) is 11.4 Å². The number of aromatic nitrogens is 2. The first-order valence-corrected chi connectivity index (χ1v) is 13.1. The van der Waals surface area contributed by atoms with Crippen molar-refractivity contribution in [2.24, 2.45) is 0 Å². The molecule has 4 aromatic rings. The van der Waals surface area contributed by atoms with Crippen LogP contribution in [-0.4, -0.2) is 22.4 Å². The van der Waals surface area contributed by atoms with E-state index in [1.807, 2.05) is 62.1 Å². The SMILES string of the molecule is CC=CC(=CC)c1c(C)sc2nc(C(=O)NCc3ccc4c(c3)CN(c3c(N)c(=O)c3=O)CC4)[nH]c(=O)c12. The number of nitrogens with one attached hydrogen (secondary N) is 2. The molecule has 0 spiro atoms. The quantitative estimate of drug-likeness (QED) is 0.258. The molecule has 0 bridgehead atoms. The number of nitrogens with two attached hydrogens (primary N) is 1. The van der Waals surface area contributed by atoms with Crippen molar-refractivity contribution >= 4 is 44.4 Å². The number of fused-ring (bicyclic) bond motifs is 2. The molecule has 0 atom stereocenters. The van der Waals surface area contributed by atoms with Gasteiger partial charge in [0.2, 0.25) is 5.82 Å². The number of nitrogen functional groups attached to an aromatic ring is 1. The molecule has 1 amide bonds. The zero-order valence-electron chi connectivity index (χ0n) is 21.3. The number of hydrogen-bond acceptors (Lipinski definition) is 8. The lowest BCUT2D eigenvalue weighted by Crippen LogP contribution is -2.44. The molecule has 5 rings (SSSR count). The van der Waals surface area contributed by atoms with E-state index in [0.717, 1.165) is 39.1 Å². The van der Waals surface area contributed by atoms with Crippen molar-refractivity contribution in [1.29, 1.82) is 0 Å². The van der Waals surface area contributed by atoms with Gasteiger partial charge in [-0.3, -0.25) is 19.2 Å². The van der Waals surface area contributed by atoms with Gasteiger partial charge in [0.1, 0.15) is 16.2 Å². The molecule has 3 heterocycles. The van der Waals surface area contributed by atoms with Crippen molar-refractivity contribution in [3.8, 4) is 0 Å². The standard InChI is InChI=1S/C28H27N5O4S/c1-4-6-16(5-2)19-14(3)38-28-20(19)26(36)31-25(32-28)27(37)30-12-15-7-8-17-9-10-33(13-18(17)11-15)22-21(29)23(34)24(22)35/h4-8,11H,9-10,12-13,29H2,1-3H3,(H,30,37)(H,31,32,36). The fourth-order valence-corrected chi connectivity index (χ4v) is 6.01. The fourth-order valence-electron chi connectivity index (χ4n) is 4.97. The minimum Gasteiger partial charge on any atom is -0.394 e. The normalized spacial score (nSPS) is 14.0. The molecule has 0 saturated carbocycles. The molecule has 0 aliphatic carbocycles. The molecular formula is C28H27N5O4S. The fraction of sp³-hybridized carbons (Fsp3) is 0.250. The second-order valence-corrected chi connectivity index (χ2v) is 10.5. The van der Waals surface area contributed by atoms with Gasteiger partial charge in [-0.2, -0.15) is 0 Å². The summed E-state index contributed by atoms with van der Waals surface area (Å²) in [5.74, 6) is -0.518. The lowest BCUT2D eigenvalue weighted by atomic mass is 9.96. The number of thiophene rings is 1. The average molecular weight is 530 g/mol. The van der Waals surface area contributed by atoms with Gasteiger partial charge >= 0.3 is 0 Å². The lowest BCUT2D eigenvalue weighted by molar-refractivity contribution is 0.0940. The second-order valence-electron chi connectivity index (χ2n) is 9.25. The molecule has 0 saturated heterocycles. The highest BCUT2D eigenvalue weighted by Crippen LogP contribution is 2.33. The summed E-state index contributed by atoms with van der Waals surface area (Å²) in [6.45, 7) is 7.07. The van der Waals surface area contributed by atoms with Crippen LogP contribution in [0, 0.1) is 6.92 Å². The zero-order valence-corrected chi connectivity index (χ0v) is 22.1. The van der Waals surface area contributed by atoms with Gasteiger partial charge in [-0.1, -0.05) is 36.4 Å². The third-order valence-electron chi connectivity index (χ3n) is 6.87. The van der Waals surface area contributed by atoms with Crippen molar-refractivity contribution in [3.63, 3.8) is 0 Å². The Labute approximate surface area is 222 Å². The Hall–Kier alpha value is -4.31. The summed E-state index contributed by atoms with van der Waals surface area (Å²) >= 11 is 1.39. The van der Waals surface area contributed by atoms with Gasteiger partial charge in [-0.05, 0) is 49.5 Å². The van der Waals surface area contributed by atoms with E-state index >= 15 is 0 Å². The number of carbonyl (C=O) groups is 1. The van der Waals surface area contributed by atoms with Gasteiger partial charge < -0.3 is 20.9 Å². The van der Waals surface area contributed by atoms with Gasteiger partial charge in [-0.15, -0.1) is 11.3 Å². The van der Waals surface area contributed by atoms with Crippen molar-refractivity contribution in [2.75, 3.05) is 17.2 Å². The number of aryl methyl sites for hydroxylation is 1. The highest BCUT2D eigenvalue weighted by Gasteiger charge is 2.27. The maximum atomic E-state index is 13.0. The number of H-pyrrole nitrogens is 1. The number of aromatic amines is 1. The first-order valence-electron chi connectivity index (χ1n) is 12.3. The van der Waals surface area contributed by atoms with Crippen molar-refractivity contribution in [2.45, 2.75) is 40.3 Å². The van der Waals surface area contributed by atoms with Crippen LogP contribution < -0.4 is 32.4 Å². The molecule has 2 aromatic heterocycles. The monoisotopic (exact) mass is 529 g/mol. The van der Waals surface area contributed by atoms with Crippen LogP contribution in [0.15, 0.2) is 50.8 Å². The molecule has 38 heavy (non-hydrogen) atoms. The first-order chi connectivity index (χ1) is 18.2. The highest BCUT2D eigenvalue weighted by molar-refractivity contribution is 7.18. The summed E-state index contributed by atoms with van der Waals surface area (Å²) in [6.07, 6.45) is 6.53. The number of carbonyl (C=O) groups excluding carboxylic acids is 1. The number of amides is 1. The van der Waals surface area contributed by atoms with Gasteiger partial charge in [0.05, 0.1) is 5.39 Å². The van der Waals surface area contributed by atoms with E-state index in [1.165, 1.54) is 11.3 Å². The van der Waals surface area contributed by atoms with Crippen molar-refractivity contribution in [1.82, 2.24) is 15.3 Å². The molecular weight excluding hydrogens is 502 g/mol. The Morgan fingerprint density at radius 1 is 1.21 bits per heavy atom. The molecule has 0 fully saturated rings. The summed E-state index contributed by atoms with van der Waals surface area (Å²) in [4.78, 5) is 59.8. The highest BCUT2D eigenvalue weighted by atomic mass is 32.1. The average Bonchev–Trinajstić information content (AvgIpc) is 3.25. The van der Waals surface area contributed by atoms with E-state index < -0.39 is 16.8 Å². The summed E-state index contributed by atoms with van der Waals surface area (Å²) in [5, 5.41) is 3.32. The Morgan fingerprint density at radius 3 is 2.71 bits per heavy atom. The predicted octanol–water partition coefficient (Wildman–Crippen LogP) is 2.94. The molecule has 1 aliphatic rings. The minimum absolute atomic E-state index is 0.0251. The summed E-state index contributed by atoms with van der Waals surface area (Å²) in [6, 6.07) is 5.91. The van der Waals surface area contributed by atoms with Gasteiger partial charge in [-0.25, -0.2) is 4.98 Å². The summed E-state index contributed by atoms with van der Waals surface area (Å²) < 4.78 is 0. The Morgan fingerprint density at radius 2 is 2.00 bits per heavy atom. The van der Waals surface area contributed by atoms with Crippen LogP contribution >= 0.6 is 11.3 Å². The molecule has 194 valence electrons. The molecule has 4 N–H and O–H groups in total. The van der Waals surface area contributed by atoms with Crippen LogP contribution in [0.3, 0.4) is 0 Å². The zero-order chi connectivity index (χ0) is 27.1. The van der Waals surface area contributed by atoms with E-state index in [4.69, 9.17) is 5.73 Å². The van der Waals surface area contributed by atoms with Crippen LogP contribution in [-0.2, 0) is 19.5 Å². The molecule has 2 aromatic carbocycles. The number of nitrogens with zero attached hydrogens (tertiary/aromatic N) is 2. The number of rotatable bonds is 6. The van der Waals surface area contributed by atoms with Crippen LogP contribution in [0.25, 0.3) is 15.8 Å². The lowest BCUT2D eigenvalue weighted by Gasteiger charge is -2.32. The molecule has 0 radical (unpaired) electrons. The maximum Gasteiger partial charge on any atom is 0.287 e. The number of anilines is 2. The molecule has 10 heteroatoms. The maximum absolute atomic E-state index is 13.0. The summed E-state index contributed by atoms with van der Waals surface area (Å²) in [7, 11) is 0. The third kappa shape index (κ3) is 4.26. The smallest absolute Gasteiger partial charge is 0.287 e. The van der Waals surface area contributed by atoms with Gasteiger partial charge in [0.15, 0.2) is 0 Å². The summed E-state index contributed by atoms with van der Waals surface area (Å²) in [5.41, 5.74) is 9.33. The van der Waals surface area contributed by atoms with Crippen LogP contribution in [0.2, 0.25) is 0 Å². The van der Waals surface area contributed by atoms with Crippen molar-refractivity contribution in [3.05, 3.63) is 100 Å². The molecule has 0 unspecified atom stereocenters. The second kappa shape index (κ2) is 9.86. The number of hydrogen-bond donors (Lipinski definition) is 3. The Balaban J connectivity index is 1.34. The van der Waals surface area contributed by atoms with E-state index in [-0.39, 0.29) is 23.6 Å². The Bertz CT molecular complexity index is 1790. The van der Waals surface area contributed by atoms with E-state index in [1.54, 1.807) is 0 Å². The van der Waals surface area contributed by atoms with Crippen LogP contribution in [0.1, 0.15) is 51.6 Å². The topological polar surface area (TPSA) is 138 Å². The molecule has 1 aliphatic heterocycles. The van der Waals surface area contributed by atoms with E-state index in [9.17, 15) is 19.2 Å². The number of allylic oxidation sites excluding steroid dienone is 4. The third-order valence-corrected chi connectivity index (χ3v) is 7.87. The minimum atomic E-state index is -0.624. The largest absolute Gasteiger partial charge is 0.394 e.